The first-order chi connectivity index (χ1) is 14.2. The number of rotatable bonds is 6. The van der Waals surface area contributed by atoms with Crippen LogP contribution in [0, 0.1) is 0 Å². The number of carbonyl (C=O) groups is 1. The van der Waals surface area contributed by atoms with Crippen LogP contribution in [0.1, 0.15) is 16.9 Å². The van der Waals surface area contributed by atoms with E-state index >= 15 is 0 Å². The summed E-state index contributed by atoms with van der Waals surface area (Å²) in [5.74, 6) is 0.135. The molecule has 1 aromatic carbocycles. The van der Waals surface area contributed by atoms with Gasteiger partial charge in [0.05, 0.1) is 12.5 Å². The zero-order valence-corrected chi connectivity index (χ0v) is 17.8. The van der Waals surface area contributed by atoms with Crippen LogP contribution in [0.25, 0.3) is 0 Å². The molecule has 5 nitrogen and oxygen atoms in total. The van der Waals surface area contributed by atoms with Crippen LogP contribution in [0.5, 0.6) is 0 Å². The van der Waals surface area contributed by atoms with Crippen LogP contribution in [0.2, 0.25) is 0 Å². The fourth-order valence-electron chi connectivity index (χ4n) is 4.50. The standard InChI is InChI=1S/C23H31N3O2S/c27-22-18-26(23(28)17-20-7-4-16-29-20)11-9-21(22)25-14-12-24(13-15-25)10-8-19-5-2-1-3-6-19/h1-7,16,21-22,27H,8-15,17-18H2/t21-,22-/m1/s1. The maximum Gasteiger partial charge on any atom is 0.227 e. The van der Waals surface area contributed by atoms with E-state index in [0.717, 1.165) is 57.0 Å². The Labute approximate surface area is 177 Å². The number of benzene rings is 1. The fourth-order valence-corrected chi connectivity index (χ4v) is 5.19. The number of amides is 1. The number of hydrogen-bond acceptors (Lipinski definition) is 5. The highest BCUT2D eigenvalue weighted by molar-refractivity contribution is 7.10. The van der Waals surface area contributed by atoms with Gasteiger partial charge in [0.1, 0.15) is 0 Å². The van der Waals surface area contributed by atoms with Gasteiger partial charge in [-0.3, -0.25) is 9.69 Å². The normalized spacial score (nSPS) is 24.0. The molecule has 6 heteroatoms. The minimum absolute atomic E-state index is 0.135. The maximum atomic E-state index is 12.5. The molecule has 2 aromatic rings. The van der Waals surface area contributed by atoms with Gasteiger partial charge in [0, 0.05) is 56.7 Å². The number of β-amino-alcohol motifs (C(OH)–C–C–N with tert-alkyl or cyclic N) is 1. The van der Waals surface area contributed by atoms with E-state index in [4.69, 9.17) is 0 Å². The summed E-state index contributed by atoms with van der Waals surface area (Å²) in [6, 6.07) is 14.8. The Morgan fingerprint density at radius 1 is 1.03 bits per heavy atom. The Morgan fingerprint density at radius 3 is 2.52 bits per heavy atom. The first-order valence-electron chi connectivity index (χ1n) is 10.7. The lowest BCUT2D eigenvalue weighted by molar-refractivity contribution is -0.135. The molecule has 4 rings (SSSR count). The van der Waals surface area contributed by atoms with Crippen molar-refractivity contribution >= 4 is 17.2 Å². The van der Waals surface area contributed by atoms with Crippen molar-refractivity contribution in [3.63, 3.8) is 0 Å². The van der Waals surface area contributed by atoms with Crippen LogP contribution in [-0.2, 0) is 17.6 Å². The van der Waals surface area contributed by atoms with Crippen LogP contribution in [0.15, 0.2) is 47.8 Å². The lowest BCUT2D eigenvalue weighted by Gasteiger charge is -2.45. The summed E-state index contributed by atoms with van der Waals surface area (Å²) in [6.45, 7) is 6.41. The van der Waals surface area contributed by atoms with Crippen molar-refractivity contribution in [3.05, 3.63) is 58.3 Å². The number of aliphatic hydroxyl groups excluding tert-OH is 1. The van der Waals surface area contributed by atoms with E-state index < -0.39 is 6.10 Å². The van der Waals surface area contributed by atoms with E-state index in [1.807, 2.05) is 22.4 Å². The number of likely N-dealkylation sites (tertiary alicyclic amines) is 1. The number of piperidine rings is 1. The highest BCUT2D eigenvalue weighted by atomic mass is 32.1. The molecule has 0 bridgehead atoms. The minimum atomic E-state index is -0.452. The van der Waals surface area contributed by atoms with Gasteiger partial charge in [-0.05, 0) is 29.9 Å². The van der Waals surface area contributed by atoms with Gasteiger partial charge in [0.2, 0.25) is 5.91 Å². The number of carbonyl (C=O) groups excluding carboxylic acids is 1. The molecule has 1 aromatic heterocycles. The largest absolute Gasteiger partial charge is 0.390 e. The number of hydrogen-bond donors (Lipinski definition) is 1. The molecule has 1 amide bonds. The third kappa shape index (κ3) is 5.45. The topological polar surface area (TPSA) is 47.0 Å². The predicted molar refractivity (Wildman–Crippen MR) is 117 cm³/mol. The van der Waals surface area contributed by atoms with Crippen molar-refractivity contribution in [1.82, 2.24) is 14.7 Å². The van der Waals surface area contributed by atoms with Crippen LogP contribution >= 0.6 is 11.3 Å². The molecule has 2 aliphatic heterocycles. The molecule has 2 fully saturated rings. The molecular weight excluding hydrogens is 382 g/mol. The van der Waals surface area contributed by atoms with Crippen molar-refractivity contribution in [2.75, 3.05) is 45.8 Å². The highest BCUT2D eigenvalue weighted by Crippen LogP contribution is 2.20. The van der Waals surface area contributed by atoms with Gasteiger partial charge >= 0.3 is 0 Å². The quantitative estimate of drug-likeness (QED) is 0.788. The van der Waals surface area contributed by atoms with Crippen molar-refractivity contribution < 1.29 is 9.90 Å². The summed E-state index contributed by atoms with van der Waals surface area (Å²) >= 11 is 1.62. The fraction of sp³-hybridized carbons (Fsp3) is 0.522. The van der Waals surface area contributed by atoms with E-state index in [2.05, 4.69) is 40.1 Å². The Hall–Kier alpha value is -1.73. The van der Waals surface area contributed by atoms with Crippen LogP contribution in [0.3, 0.4) is 0 Å². The van der Waals surface area contributed by atoms with Gasteiger partial charge in [-0.25, -0.2) is 0 Å². The van der Waals surface area contributed by atoms with Gasteiger partial charge in [-0.15, -0.1) is 11.3 Å². The molecule has 0 saturated carbocycles. The Kier molecular flexibility index (Phi) is 6.98. The van der Waals surface area contributed by atoms with E-state index in [1.54, 1.807) is 11.3 Å². The van der Waals surface area contributed by atoms with Gasteiger partial charge in [0.25, 0.3) is 0 Å². The second kappa shape index (κ2) is 9.85. The van der Waals surface area contributed by atoms with Crippen LogP contribution in [0.4, 0.5) is 0 Å². The first kappa shape index (κ1) is 20.5. The van der Waals surface area contributed by atoms with E-state index in [-0.39, 0.29) is 11.9 Å². The molecule has 2 aliphatic rings. The summed E-state index contributed by atoms with van der Waals surface area (Å²) in [4.78, 5) is 20.4. The van der Waals surface area contributed by atoms with Crippen molar-refractivity contribution in [2.24, 2.45) is 0 Å². The molecule has 0 spiro atoms. The molecular formula is C23H31N3O2S. The van der Waals surface area contributed by atoms with Crippen molar-refractivity contribution in [2.45, 2.75) is 31.4 Å². The third-order valence-corrected chi connectivity index (χ3v) is 7.12. The summed E-state index contributed by atoms with van der Waals surface area (Å²) in [6.07, 6.45) is 1.96. The molecule has 0 aliphatic carbocycles. The summed E-state index contributed by atoms with van der Waals surface area (Å²) in [7, 11) is 0. The maximum absolute atomic E-state index is 12.5. The molecule has 156 valence electrons. The number of thiophene rings is 1. The number of aliphatic hydroxyl groups is 1. The monoisotopic (exact) mass is 413 g/mol. The smallest absolute Gasteiger partial charge is 0.227 e. The Bertz CT molecular complexity index is 760. The minimum Gasteiger partial charge on any atom is -0.390 e. The molecule has 2 atom stereocenters. The molecule has 0 unspecified atom stereocenters. The van der Waals surface area contributed by atoms with Gasteiger partial charge in [-0.1, -0.05) is 36.4 Å². The third-order valence-electron chi connectivity index (χ3n) is 6.24. The van der Waals surface area contributed by atoms with Crippen LogP contribution < -0.4 is 0 Å². The SMILES string of the molecule is O=C(Cc1cccs1)N1CC[C@@H](N2CCN(CCc3ccccc3)CC2)[C@H](O)C1. The van der Waals surface area contributed by atoms with Gasteiger partial charge in [0.15, 0.2) is 0 Å². The van der Waals surface area contributed by atoms with Crippen molar-refractivity contribution in [1.29, 1.82) is 0 Å². The lowest BCUT2D eigenvalue weighted by Crippen LogP contribution is -2.59. The van der Waals surface area contributed by atoms with Crippen LogP contribution in [-0.4, -0.2) is 83.7 Å². The molecule has 29 heavy (non-hydrogen) atoms. The Balaban J connectivity index is 1.21. The second-order valence-corrected chi connectivity index (χ2v) is 9.16. The highest BCUT2D eigenvalue weighted by Gasteiger charge is 2.35. The number of nitrogens with zero attached hydrogens (tertiary/aromatic N) is 3. The van der Waals surface area contributed by atoms with Gasteiger partial charge in [-0.2, -0.15) is 0 Å². The van der Waals surface area contributed by atoms with E-state index in [1.165, 1.54) is 5.56 Å². The molecule has 3 heterocycles. The van der Waals surface area contributed by atoms with Crippen molar-refractivity contribution in [3.8, 4) is 0 Å². The summed E-state index contributed by atoms with van der Waals surface area (Å²) in [5, 5.41) is 12.7. The number of piperazine rings is 1. The van der Waals surface area contributed by atoms with Gasteiger partial charge < -0.3 is 14.9 Å². The summed E-state index contributed by atoms with van der Waals surface area (Å²) < 4.78 is 0. The average molecular weight is 414 g/mol. The molecule has 1 N–H and O–H groups in total. The first-order valence-corrected chi connectivity index (χ1v) is 11.6. The second-order valence-electron chi connectivity index (χ2n) is 8.13. The zero-order valence-electron chi connectivity index (χ0n) is 16.9. The molecule has 0 radical (unpaired) electrons. The zero-order chi connectivity index (χ0) is 20.1. The summed E-state index contributed by atoms with van der Waals surface area (Å²) in [5.41, 5.74) is 1.39. The average Bonchev–Trinajstić information content (AvgIpc) is 3.26. The lowest BCUT2D eigenvalue weighted by atomic mass is 9.98. The van der Waals surface area contributed by atoms with E-state index in [0.29, 0.717) is 13.0 Å². The molecule has 2 saturated heterocycles. The van der Waals surface area contributed by atoms with E-state index in [9.17, 15) is 9.90 Å². The predicted octanol–water partition coefficient (Wildman–Crippen LogP) is 2.11. The Morgan fingerprint density at radius 2 is 1.83 bits per heavy atom.